The first kappa shape index (κ1) is 24.4. The van der Waals surface area contributed by atoms with E-state index in [2.05, 4.69) is 11.9 Å². The van der Waals surface area contributed by atoms with Gasteiger partial charge in [0.2, 0.25) is 5.91 Å². The van der Waals surface area contributed by atoms with Crippen LogP contribution in [-0.2, 0) is 4.79 Å². The Labute approximate surface area is 188 Å². The molecule has 2 unspecified atom stereocenters. The fourth-order valence-electron chi connectivity index (χ4n) is 3.56. The molecular formula is C24H29Cl2NO3. The fourth-order valence-corrected chi connectivity index (χ4v) is 3.88. The van der Waals surface area contributed by atoms with Crippen molar-refractivity contribution in [2.24, 2.45) is 5.41 Å². The van der Waals surface area contributed by atoms with Crippen LogP contribution in [0.3, 0.4) is 0 Å². The quantitative estimate of drug-likeness (QED) is 0.432. The van der Waals surface area contributed by atoms with Gasteiger partial charge in [-0.05, 0) is 55.2 Å². The Kier molecular flexibility index (Phi) is 8.92. The van der Waals surface area contributed by atoms with Crippen LogP contribution in [0.4, 0.5) is 0 Å². The molecule has 0 aliphatic carbocycles. The van der Waals surface area contributed by atoms with Gasteiger partial charge in [0.05, 0.1) is 18.1 Å². The third-order valence-electron chi connectivity index (χ3n) is 5.33. The smallest absolute Gasteiger partial charge is 0.226 e. The summed E-state index contributed by atoms with van der Waals surface area (Å²) < 4.78 is 0. The molecule has 4 nitrogen and oxygen atoms in total. The van der Waals surface area contributed by atoms with Gasteiger partial charge in [0.1, 0.15) is 0 Å². The second-order valence-electron chi connectivity index (χ2n) is 7.97. The van der Waals surface area contributed by atoms with Crippen molar-refractivity contribution >= 4 is 29.1 Å². The van der Waals surface area contributed by atoms with Crippen LogP contribution in [0, 0.1) is 5.41 Å². The van der Waals surface area contributed by atoms with E-state index in [9.17, 15) is 15.0 Å². The molecule has 2 aromatic carbocycles. The molecule has 0 saturated carbocycles. The number of benzene rings is 2. The van der Waals surface area contributed by atoms with Gasteiger partial charge in [0, 0.05) is 22.0 Å². The highest BCUT2D eigenvalue weighted by Gasteiger charge is 2.38. The van der Waals surface area contributed by atoms with Crippen LogP contribution < -0.4 is 5.32 Å². The van der Waals surface area contributed by atoms with E-state index >= 15 is 0 Å². The van der Waals surface area contributed by atoms with E-state index < -0.39 is 17.4 Å². The first-order valence-electron chi connectivity index (χ1n) is 9.92. The van der Waals surface area contributed by atoms with Crippen molar-refractivity contribution in [3.63, 3.8) is 0 Å². The maximum atomic E-state index is 13.1. The molecule has 0 heterocycles. The van der Waals surface area contributed by atoms with Crippen LogP contribution in [0.25, 0.3) is 0 Å². The number of nitrogens with one attached hydrogen (secondary N) is 1. The lowest BCUT2D eigenvalue weighted by Gasteiger charge is -2.35. The van der Waals surface area contributed by atoms with Gasteiger partial charge in [0.15, 0.2) is 0 Å². The van der Waals surface area contributed by atoms with E-state index in [1.807, 2.05) is 25.1 Å². The molecule has 0 aliphatic heterocycles. The zero-order valence-electron chi connectivity index (χ0n) is 17.3. The summed E-state index contributed by atoms with van der Waals surface area (Å²) in [6, 6.07) is 14.0. The average molecular weight is 450 g/mol. The minimum Gasteiger partial charge on any atom is -0.394 e. The molecule has 0 bridgehead atoms. The fraction of sp³-hybridized carbons (Fsp3) is 0.375. The lowest BCUT2D eigenvalue weighted by molar-refractivity contribution is -0.132. The number of hydrogen-bond acceptors (Lipinski definition) is 3. The molecule has 0 saturated heterocycles. The van der Waals surface area contributed by atoms with Crippen LogP contribution in [0.2, 0.25) is 10.0 Å². The average Bonchev–Trinajstić information content (AvgIpc) is 2.72. The number of hydrogen-bond donors (Lipinski definition) is 3. The number of halogens is 2. The topological polar surface area (TPSA) is 69.6 Å². The number of aliphatic hydroxyl groups excluding tert-OH is 2. The summed E-state index contributed by atoms with van der Waals surface area (Å²) >= 11 is 12.2. The molecule has 0 fully saturated rings. The molecule has 0 spiro atoms. The monoisotopic (exact) mass is 449 g/mol. The normalized spacial score (nSPS) is 16.2. The lowest BCUT2D eigenvalue weighted by atomic mass is 9.72. The second kappa shape index (κ2) is 11.0. The van der Waals surface area contributed by atoms with Gasteiger partial charge < -0.3 is 15.5 Å². The lowest BCUT2D eigenvalue weighted by Crippen LogP contribution is -2.45. The van der Waals surface area contributed by atoms with Gasteiger partial charge in [-0.1, -0.05) is 60.5 Å². The van der Waals surface area contributed by atoms with Crippen LogP contribution in [0.5, 0.6) is 0 Å². The zero-order chi connectivity index (χ0) is 22.3. The van der Waals surface area contributed by atoms with Crippen molar-refractivity contribution in [3.05, 3.63) is 82.4 Å². The number of rotatable bonds is 10. The van der Waals surface area contributed by atoms with Crippen molar-refractivity contribution in [1.82, 2.24) is 5.32 Å². The number of amides is 1. The van der Waals surface area contributed by atoms with Crippen molar-refractivity contribution in [3.8, 4) is 0 Å². The highest BCUT2D eigenvalue weighted by molar-refractivity contribution is 6.30. The molecule has 2 rings (SSSR count). The van der Waals surface area contributed by atoms with Gasteiger partial charge >= 0.3 is 0 Å². The molecule has 0 aromatic heterocycles. The number of carbonyl (C=O) groups is 1. The Balaban J connectivity index is 2.44. The third kappa shape index (κ3) is 6.32. The van der Waals surface area contributed by atoms with Gasteiger partial charge in [0.25, 0.3) is 0 Å². The molecule has 162 valence electrons. The maximum Gasteiger partial charge on any atom is 0.226 e. The van der Waals surface area contributed by atoms with Crippen molar-refractivity contribution in [2.45, 2.75) is 44.8 Å². The van der Waals surface area contributed by atoms with Gasteiger partial charge in [-0.25, -0.2) is 0 Å². The Morgan fingerprint density at radius 3 is 2.40 bits per heavy atom. The maximum absolute atomic E-state index is 13.1. The highest BCUT2D eigenvalue weighted by atomic mass is 35.5. The van der Waals surface area contributed by atoms with Crippen molar-refractivity contribution < 1.29 is 15.0 Å². The summed E-state index contributed by atoms with van der Waals surface area (Å²) in [5.74, 6) is -0.593. The first-order chi connectivity index (χ1) is 14.2. The second-order valence-corrected chi connectivity index (χ2v) is 8.85. The highest BCUT2D eigenvalue weighted by Crippen LogP contribution is 2.43. The first-order valence-corrected chi connectivity index (χ1v) is 10.7. The molecule has 4 atom stereocenters. The van der Waals surface area contributed by atoms with Crippen LogP contribution in [-0.4, -0.2) is 28.8 Å². The summed E-state index contributed by atoms with van der Waals surface area (Å²) in [5, 5.41) is 24.6. The molecule has 3 N–H and O–H groups in total. The Bertz CT molecular complexity index is 856. The van der Waals surface area contributed by atoms with E-state index in [-0.39, 0.29) is 18.6 Å². The molecule has 0 radical (unpaired) electrons. The Morgan fingerprint density at radius 2 is 1.83 bits per heavy atom. The van der Waals surface area contributed by atoms with E-state index in [1.165, 1.54) is 0 Å². The summed E-state index contributed by atoms with van der Waals surface area (Å²) in [4.78, 5) is 13.1. The summed E-state index contributed by atoms with van der Waals surface area (Å²) in [5.41, 5.74) is 0.698. The summed E-state index contributed by atoms with van der Waals surface area (Å²) in [6.45, 7) is 7.24. The predicted molar refractivity (Wildman–Crippen MR) is 123 cm³/mol. The van der Waals surface area contributed by atoms with Crippen LogP contribution in [0.1, 0.15) is 49.8 Å². The van der Waals surface area contributed by atoms with Crippen LogP contribution in [0.15, 0.2) is 61.2 Å². The zero-order valence-corrected chi connectivity index (χ0v) is 18.8. The van der Waals surface area contributed by atoms with Gasteiger partial charge in [-0.15, -0.1) is 6.58 Å². The largest absolute Gasteiger partial charge is 0.394 e. The van der Waals surface area contributed by atoms with Gasteiger partial charge in [-0.2, -0.15) is 0 Å². The SMILES string of the molecule is C=CCC(C)(C[C@H](c1cccc(Cl)c1)C(O)c1ccc(Cl)cc1)C(=O)N[C@@H](C)CO. The van der Waals surface area contributed by atoms with E-state index in [0.29, 0.717) is 28.5 Å². The number of allylic oxidation sites excluding steroid dienone is 1. The molecule has 2 aromatic rings. The number of aliphatic hydroxyl groups is 2. The van der Waals surface area contributed by atoms with E-state index in [4.69, 9.17) is 23.2 Å². The van der Waals surface area contributed by atoms with E-state index in [0.717, 1.165) is 5.56 Å². The minimum absolute atomic E-state index is 0.152. The molecular weight excluding hydrogens is 421 g/mol. The summed E-state index contributed by atoms with van der Waals surface area (Å²) in [7, 11) is 0. The molecule has 6 heteroatoms. The standard InChI is InChI=1S/C24H29Cl2NO3/c1-4-12-24(3,23(30)27-16(2)15-28)14-21(18-6-5-7-20(26)13-18)22(29)17-8-10-19(25)11-9-17/h4-11,13,16,21-22,28-29H,1,12,14-15H2,2-3H3,(H,27,30)/t16-,21+,22?,24?/m0/s1. The molecule has 30 heavy (non-hydrogen) atoms. The minimum atomic E-state index is -0.868. The third-order valence-corrected chi connectivity index (χ3v) is 5.82. The van der Waals surface area contributed by atoms with Crippen molar-refractivity contribution in [2.75, 3.05) is 6.61 Å². The summed E-state index contributed by atoms with van der Waals surface area (Å²) in [6.07, 6.45) is 1.61. The van der Waals surface area contributed by atoms with Gasteiger partial charge in [-0.3, -0.25) is 4.79 Å². The van der Waals surface area contributed by atoms with E-state index in [1.54, 1.807) is 43.3 Å². The number of carbonyl (C=O) groups excluding carboxylic acids is 1. The molecule has 1 amide bonds. The molecule has 0 aliphatic rings. The predicted octanol–water partition coefficient (Wildman–Crippen LogP) is 5.28. The Morgan fingerprint density at radius 1 is 1.17 bits per heavy atom. The Hall–Kier alpha value is -1.85. The van der Waals surface area contributed by atoms with Crippen molar-refractivity contribution in [1.29, 1.82) is 0 Å². The van der Waals surface area contributed by atoms with Crippen LogP contribution >= 0.6 is 23.2 Å².